The van der Waals surface area contributed by atoms with Crippen molar-refractivity contribution >= 4 is 23.5 Å². The quantitative estimate of drug-likeness (QED) is 0.813. The van der Waals surface area contributed by atoms with Crippen molar-refractivity contribution in [1.29, 1.82) is 0 Å². The molecule has 130 valence electrons. The molecule has 3 rings (SSSR count). The van der Waals surface area contributed by atoms with Crippen molar-refractivity contribution in [3.05, 3.63) is 47.3 Å². The maximum absolute atomic E-state index is 12.1. The smallest absolute Gasteiger partial charge is 0.242 e. The summed E-state index contributed by atoms with van der Waals surface area (Å²) in [7, 11) is 0. The first-order valence-corrected chi connectivity index (χ1v) is 8.28. The van der Waals surface area contributed by atoms with Crippen molar-refractivity contribution in [2.45, 2.75) is 33.1 Å². The van der Waals surface area contributed by atoms with Gasteiger partial charge in [-0.3, -0.25) is 20.4 Å². The number of hydrogen-bond donors (Lipinski definition) is 2. The van der Waals surface area contributed by atoms with Crippen LogP contribution in [0.25, 0.3) is 0 Å². The monoisotopic (exact) mass is 339 g/mol. The largest absolute Gasteiger partial charge is 0.312 e. The highest BCUT2D eigenvalue weighted by molar-refractivity contribution is 5.95. The summed E-state index contributed by atoms with van der Waals surface area (Å²) in [5, 5.41) is 0. The lowest BCUT2D eigenvalue weighted by Gasteiger charge is -2.16. The van der Waals surface area contributed by atoms with Gasteiger partial charge in [0.05, 0.1) is 6.42 Å². The molecule has 1 aromatic carbocycles. The van der Waals surface area contributed by atoms with Crippen LogP contribution in [-0.2, 0) is 16.0 Å². The number of anilines is 2. The first-order valence-electron chi connectivity index (χ1n) is 8.28. The molecule has 0 bridgehead atoms. The van der Waals surface area contributed by atoms with Crippen LogP contribution in [0.3, 0.4) is 0 Å². The second-order valence-corrected chi connectivity index (χ2v) is 6.14. The summed E-state index contributed by atoms with van der Waals surface area (Å²) in [6.45, 7) is 4.50. The normalized spacial score (nSPS) is 13.8. The van der Waals surface area contributed by atoms with E-state index in [2.05, 4.69) is 20.8 Å². The Hall–Kier alpha value is -2.96. The molecular weight excluding hydrogens is 318 g/mol. The Kier molecular flexibility index (Phi) is 4.92. The Bertz CT molecular complexity index is 768. The number of aromatic nitrogens is 2. The Balaban J connectivity index is 1.55. The van der Waals surface area contributed by atoms with Crippen LogP contribution in [-0.4, -0.2) is 28.3 Å². The van der Waals surface area contributed by atoms with Crippen molar-refractivity contribution in [2.24, 2.45) is 0 Å². The lowest BCUT2D eigenvalue weighted by molar-refractivity contribution is -0.120. The average molecular weight is 339 g/mol. The van der Waals surface area contributed by atoms with Crippen LogP contribution in [0.15, 0.2) is 30.3 Å². The van der Waals surface area contributed by atoms with Gasteiger partial charge < -0.3 is 4.90 Å². The van der Waals surface area contributed by atoms with Gasteiger partial charge in [-0.15, -0.1) is 0 Å². The van der Waals surface area contributed by atoms with Gasteiger partial charge in [-0.05, 0) is 44.0 Å². The molecule has 1 aliphatic heterocycles. The van der Waals surface area contributed by atoms with E-state index in [-0.39, 0.29) is 18.2 Å². The van der Waals surface area contributed by atoms with Crippen molar-refractivity contribution in [1.82, 2.24) is 15.4 Å². The minimum Gasteiger partial charge on any atom is -0.312 e. The van der Waals surface area contributed by atoms with Gasteiger partial charge in [0, 0.05) is 30.0 Å². The molecular formula is C18H21N5O2. The van der Waals surface area contributed by atoms with Crippen LogP contribution in [0, 0.1) is 13.8 Å². The van der Waals surface area contributed by atoms with Gasteiger partial charge in [-0.2, -0.15) is 0 Å². The van der Waals surface area contributed by atoms with Crippen molar-refractivity contribution in [2.75, 3.05) is 16.9 Å². The standard InChI is InChI=1S/C18H21N5O2/c1-12-10-13(2)20-18(19-12)22-21-16(24)11-14-5-7-15(8-6-14)23-9-3-4-17(23)25/h5-8,10H,3-4,9,11H2,1-2H3,(H,21,24)(H,19,20,22). The molecule has 2 N–H and O–H groups in total. The average Bonchev–Trinajstić information content (AvgIpc) is 2.99. The highest BCUT2D eigenvalue weighted by atomic mass is 16.2. The van der Waals surface area contributed by atoms with Gasteiger partial charge in [0.1, 0.15) is 0 Å². The maximum atomic E-state index is 12.1. The Morgan fingerprint density at radius 1 is 1.16 bits per heavy atom. The molecule has 1 aromatic heterocycles. The first-order chi connectivity index (χ1) is 12.0. The summed E-state index contributed by atoms with van der Waals surface area (Å²) in [4.78, 5) is 34.0. The van der Waals surface area contributed by atoms with E-state index in [1.807, 2.05) is 44.2 Å². The third kappa shape index (κ3) is 4.32. The molecule has 2 aromatic rings. The van der Waals surface area contributed by atoms with Gasteiger partial charge in [0.15, 0.2) is 0 Å². The van der Waals surface area contributed by atoms with Gasteiger partial charge in [-0.1, -0.05) is 12.1 Å². The summed E-state index contributed by atoms with van der Waals surface area (Å²) in [6, 6.07) is 9.36. The number of hydrogen-bond acceptors (Lipinski definition) is 5. The first kappa shape index (κ1) is 16.9. The van der Waals surface area contributed by atoms with E-state index in [4.69, 9.17) is 0 Å². The molecule has 0 unspecified atom stereocenters. The Labute approximate surface area is 146 Å². The zero-order valence-corrected chi connectivity index (χ0v) is 14.4. The number of aryl methyl sites for hydroxylation is 2. The van der Waals surface area contributed by atoms with Crippen LogP contribution in [0.1, 0.15) is 29.8 Å². The molecule has 0 aliphatic carbocycles. The minimum absolute atomic E-state index is 0.156. The summed E-state index contributed by atoms with van der Waals surface area (Å²) in [5.41, 5.74) is 8.75. The van der Waals surface area contributed by atoms with Crippen LogP contribution >= 0.6 is 0 Å². The van der Waals surface area contributed by atoms with Gasteiger partial charge in [0.2, 0.25) is 17.8 Å². The summed E-state index contributed by atoms with van der Waals surface area (Å²) in [6.07, 6.45) is 1.73. The molecule has 0 spiro atoms. The summed E-state index contributed by atoms with van der Waals surface area (Å²) >= 11 is 0. The Morgan fingerprint density at radius 3 is 2.44 bits per heavy atom. The predicted octanol–water partition coefficient (Wildman–Crippen LogP) is 1.91. The van der Waals surface area contributed by atoms with E-state index in [9.17, 15) is 9.59 Å². The third-order valence-corrected chi connectivity index (χ3v) is 3.98. The fourth-order valence-corrected chi connectivity index (χ4v) is 2.85. The molecule has 2 amide bonds. The van der Waals surface area contributed by atoms with Gasteiger partial charge in [0.25, 0.3) is 0 Å². The molecule has 1 aliphatic rings. The number of benzene rings is 1. The predicted molar refractivity (Wildman–Crippen MR) is 95.0 cm³/mol. The third-order valence-electron chi connectivity index (χ3n) is 3.98. The topological polar surface area (TPSA) is 87.2 Å². The number of amides is 2. The molecule has 0 saturated carbocycles. The van der Waals surface area contributed by atoms with Crippen LogP contribution in [0.5, 0.6) is 0 Å². The van der Waals surface area contributed by atoms with Crippen molar-refractivity contribution in [3.63, 3.8) is 0 Å². The lowest BCUT2D eigenvalue weighted by Crippen LogP contribution is -2.31. The van der Waals surface area contributed by atoms with E-state index in [0.29, 0.717) is 12.4 Å². The second-order valence-electron chi connectivity index (χ2n) is 6.14. The zero-order valence-electron chi connectivity index (χ0n) is 14.4. The van der Waals surface area contributed by atoms with Crippen molar-refractivity contribution in [3.8, 4) is 0 Å². The van der Waals surface area contributed by atoms with Crippen LogP contribution in [0.4, 0.5) is 11.6 Å². The molecule has 0 radical (unpaired) electrons. The highest BCUT2D eigenvalue weighted by Crippen LogP contribution is 2.21. The molecule has 0 atom stereocenters. The van der Waals surface area contributed by atoms with E-state index in [1.54, 1.807) is 4.90 Å². The number of hydrazine groups is 1. The van der Waals surface area contributed by atoms with Gasteiger partial charge in [-0.25, -0.2) is 9.97 Å². The van der Waals surface area contributed by atoms with Crippen LogP contribution < -0.4 is 15.8 Å². The van der Waals surface area contributed by atoms with E-state index < -0.39 is 0 Å². The van der Waals surface area contributed by atoms with Crippen LogP contribution in [0.2, 0.25) is 0 Å². The molecule has 7 heteroatoms. The summed E-state index contributed by atoms with van der Waals surface area (Å²) < 4.78 is 0. The molecule has 2 heterocycles. The van der Waals surface area contributed by atoms with E-state index in [1.165, 1.54) is 0 Å². The van der Waals surface area contributed by atoms with E-state index in [0.717, 1.165) is 35.6 Å². The maximum Gasteiger partial charge on any atom is 0.242 e. The number of nitrogens with one attached hydrogen (secondary N) is 2. The fraction of sp³-hybridized carbons (Fsp3) is 0.333. The molecule has 25 heavy (non-hydrogen) atoms. The van der Waals surface area contributed by atoms with Gasteiger partial charge >= 0.3 is 0 Å². The second kappa shape index (κ2) is 7.29. The Morgan fingerprint density at radius 2 is 1.84 bits per heavy atom. The number of carbonyl (C=O) groups is 2. The number of rotatable bonds is 5. The molecule has 1 fully saturated rings. The fourth-order valence-electron chi connectivity index (χ4n) is 2.85. The SMILES string of the molecule is Cc1cc(C)nc(NNC(=O)Cc2ccc(N3CCCC3=O)cc2)n1. The molecule has 7 nitrogen and oxygen atoms in total. The number of carbonyl (C=O) groups excluding carboxylic acids is 2. The number of nitrogens with zero attached hydrogens (tertiary/aromatic N) is 3. The highest BCUT2D eigenvalue weighted by Gasteiger charge is 2.21. The lowest BCUT2D eigenvalue weighted by atomic mass is 10.1. The zero-order chi connectivity index (χ0) is 17.8. The minimum atomic E-state index is -0.187. The molecule has 1 saturated heterocycles. The summed E-state index contributed by atoms with van der Waals surface area (Å²) in [5.74, 6) is 0.338. The van der Waals surface area contributed by atoms with E-state index >= 15 is 0 Å². The van der Waals surface area contributed by atoms with Crippen molar-refractivity contribution < 1.29 is 9.59 Å².